The van der Waals surface area contributed by atoms with Crippen molar-refractivity contribution in [3.8, 4) is 0 Å². The van der Waals surface area contributed by atoms with Crippen molar-refractivity contribution < 1.29 is 0 Å². The number of rotatable bonds is 0. The molecule has 0 spiro atoms. The summed E-state index contributed by atoms with van der Waals surface area (Å²) in [5.41, 5.74) is 3.20. The molecule has 0 bridgehead atoms. The van der Waals surface area contributed by atoms with Crippen LogP contribution in [-0.4, -0.2) is 0 Å². The molecule has 0 heteroatoms. The van der Waals surface area contributed by atoms with Gasteiger partial charge in [0.25, 0.3) is 0 Å². The normalized spacial score (nSPS) is 23.1. The molecule has 14 heavy (non-hydrogen) atoms. The maximum Gasteiger partial charge on any atom is -0.0188 e. The van der Waals surface area contributed by atoms with Gasteiger partial charge in [-0.1, -0.05) is 50.5 Å². The molecule has 0 fully saturated rings. The Bertz CT molecular complexity index is 288. The van der Waals surface area contributed by atoms with Crippen LogP contribution in [-0.2, 0) is 6.42 Å². The number of hydrogen-bond donors (Lipinski definition) is 0. The van der Waals surface area contributed by atoms with Gasteiger partial charge in [0.2, 0.25) is 0 Å². The van der Waals surface area contributed by atoms with Gasteiger partial charge in [-0.2, -0.15) is 0 Å². The second kappa shape index (κ2) is 4.63. The predicted octanol–water partition coefficient (Wildman–Crippen LogP) is 4.30. The fourth-order valence-electron chi connectivity index (χ4n) is 2.52. The Balaban J connectivity index is 2.26. The Morgan fingerprint density at radius 2 is 1.79 bits per heavy atom. The minimum absolute atomic E-state index is 0.768. The van der Waals surface area contributed by atoms with Gasteiger partial charge in [-0.25, -0.2) is 0 Å². The third-order valence-corrected chi connectivity index (χ3v) is 3.42. The van der Waals surface area contributed by atoms with Crippen LogP contribution in [0.15, 0.2) is 24.3 Å². The number of fused-ring (bicyclic) bond motifs is 1. The molecule has 1 aromatic rings. The van der Waals surface area contributed by atoms with E-state index in [-0.39, 0.29) is 0 Å². The average molecular weight is 188 g/mol. The summed E-state index contributed by atoms with van der Waals surface area (Å²) in [4.78, 5) is 0. The van der Waals surface area contributed by atoms with Crippen molar-refractivity contribution >= 4 is 0 Å². The molecule has 1 aliphatic carbocycles. The summed E-state index contributed by atoms with van der Waals surface area (Å²) in [5, 5.41) is 0. The van der Waals surface area contributed by atoms with Gasteiger partial charge >= 0.3 is 0 Å². The lowest BCUT2D eigenvalue weighted by atomic mass is 9.91. The zero-order valence-corrected chi connectivity index (χ0v) is 9.13. The van der Waals surface area contributed by atoms with E-state index in [0.717, 1.165) is 5.92 Å². The van der Waals surface area contributed by atoms with Crippen LogP contribution in [0.4, 0.5) is 0 Å². The molecule has 1 aromatic carbocycles. The van der Waals surface area contributed by atoms with Crippen molar-refractivity contribution in [2.24, 2.45) is 0 Å². The van der Waals surface area contributed by atoms with Crippen molar-refractivity contribution in [1.29, 1.82) is 0 Å². The van der Waals surface area contributed by atoms with Gasteiger partial charge in [0.15, 0.2) is 0 Å². The molecule has 0 aliphatic heterocycles. The first-order chi connectivity index (χ1) is 6.88. The summed E-state index contributed by atoms with van der Waals surface area (Å²) in [6.07, 6.45) is 8.30. The summed E-state index contributed by atoms with van der Waals surface area (Å²) < 4.78 is 0. The molecule has 0 nitrogen and oxygen atoms in total. The Morgan fingerprint density at radius 3 is 2.71 bits per heavy atom. The van der Waals surface area contributed by atoms with Gasteiger partial charge < -0.3 is 0 Å². The van der Waals surface area contributed by atoms with Crippen LogP contribution >= 0.6 is 0 Å². The fraction of sp³-hybridized carbons (Fsp3) is 0.571. The highest BCUT2D eigenvalue weighted by Crippen LogP contribution is 2.28. The van der Waals surface area contributed by atoms with Gasteiger partial charge in [0.05, 0.1) is 0 Å². The van der Waals surface area contributed by atoms with Crippen LogP contribution in [0.1, 0.15) is 56.1 Å². The summed E-state index contributed by atoms with van der Waals surface area (Å²) in [6, 6.07) is 9.01. The lowest BCUT2D eigenvalue weighted by Crippen LogP contribution is -1.97. The average Bonchev–Trinajstić information content (AvgIpc) is 2.30. The van der Waals surface area contributed by atoms with Gasteiger partial charge in [0, 0.05) is 0 Å². The summed E-state index contributed by atoms with van der Waals surface area (Å²) in [5.74, 6) is 0.768. The van der Waals surface area contributed by atoms with E-state index in [0.29, 0.717) is 0 Å². The Morgan fingerprint density at radius 1 is 1.00 bits per heavy atom. The van der Waals surface area contributed by atoms with Crippen LogP contribution in [0.2, 0.25) is 0 Å². The van der Waals surface area contributed by atoms with Gasteiger partial charge in [-0.15, -0.1) is 0 Å². The molecule has 2 rings (SSSR count). The van der Waals surface area contributed by atoms with Crippen LogP contribution in [0.3, 0.4) is 0 Å². The number of hydrogen-bond acceptors (Lipinski definition) is 0. The third-order valence-electron chi connectivity index (χ3n) is 3.42. The monoisotopic (exact) mass is 188 g/mol. The molecule has 0 aromatic heterocycles. The summed E-state index contributed by atoms with van der Waals surface area (Å²) in [6.45, 7) is 2.38. The zero-order chi connectivity index (χ0) is 9.80. The molecular weight excluding hydrogens is 168 g/mol. The molecule has 0 heterocycles. The summed E-state index contributed by atoms with van der Waals surface area (Å²) in [7, 11) is 0. The van der Waals surface area contributed by atoms with E-state index in [2.05, 4.69) is 31.2 Å². The van der Waals surface area contributed by atoms with Crippen molar-refractivity contribution in [3.05, 3.63) is 35.4 Å². The van der Waals surface area contributed by atoms with E-state index < -0.39 is 0 Å². The second-order valence-corrected chi connectivity index (χ2v) is 4.55. The van der Waals surface area contributed by atoms with E-state index in [1.165, 1.54) is 38.5 Å². The molecule has 1 unspecified atom stereocenters. The highest BCUT2D eigenvalue weighted by molar-refractivity contribution is 5.30. The van der Waals surface area contributed by atoms with E-state index in [4.69, 9.17) is 0 Å². The van der Waals surface area contributed by atoms with E-state index in [1.807, 2.05) is 0 Å². The van der Waals surface area contributed by atoms with Crippen LogP contribution < -0.4 is 0 Å². The Labute approximate surface area is 87.3 Å². The molecule has 76 valence electrons. The first-order valence-corrected chi connectivity index (χ1v) is 5.96. The minimum Gasteiger partial charge on any atom is -0.0620 e. The first kappa shape index (κ1) is 9.76. The maximum atomic E-state index is 2.38. The van der Waals surface area contributed by atoms with E-state index in [1.54, 1.807) is 11.1 Å². The number of benzene rings is 1. The van der Waals surface area contributed by atoms with Gasteiger partial charge in [0.1, 0.15) is 0 Å². The van der Waals surface area contributed by atoms with Crippen molar-refractivity contribution in [1.82, 2.24) is 0 Å². The van der Waals surface area contributed by atoms with Crippen LogP contribution in [0.25, 0.3) is 0 Å². The van der Waals surface area contributed by atoms with Gasteiger partial charge in [-0.3, -0.25) is 0 Å². The van der Waals surface area contributed by atoms with Gasteiger partial charge in [-0.05, 0) is 36.3 Å². The number of aryl methyl sites for hydroxylation is 1. The smallest absolute Gasteiger partial charge is 0.0188 e. The molecule has 0 radical (unpaired) electrons. The molecule has 0 amide bonds. The third kappa shape index (κ3) is 2.17. The Hall–Kier alpha value is -0.780. The maximum absolute atomic E-state index is 2.38. The Kier molecular flexibility index (Phi) is 3.23. The van der Waals surface area contributed by atoms with Crippen LogP contribution in [0.5, 0.6) is 0 Å². The molecule has 0 saturated heterocycles. The highest BCUT2D eigenvalue weighted by Gasteiger charge is 2.11. The van der Waals surface area contributed by atoms with E-state index >= 15 is 0 Å². The molecule has 0 N–H and O–H groups in total. The molecule has 1 aliphatic rings. The first-order valence-electron chi connectivity index (χ1n) is 5.96. The predicted molar refractivity (Wildman–Crippen MR) is 61.6 cm³/mol. The van der Waals surface area contributed by atoms with E-state index in [9.17, 15) is 0 Å². The topological polar surface area (TPSA) is 0 Å². The zero-order valence-electron chi connectivity index (χ0n) is 9.13. The lowest BCUT2D eigenvalue weighted by molar-refractivity contribution is 0.587. The highest BCUT2D eigenvalue weighted by atomic mass is 14.2. The second-order valence-electron chi connectivity index (χ2n) is 4.55. The minimum atomic E-state index is 0.768. The van der Waals surface area contributed by atoms with Crippen molar-refractivity contribution in [2.45, 2.75) is 51.4 Å². The van der Waals surface area contributed by atoms with Crippen molar-refractivity contribution in [2.75, 3.05) is 0 Å². The SMILES string of the molecule is CC1CCCCCCc2ccccc21. The standard InChI is InChI=1S/C14H20/c1-12-8-4-2-3-5-9-13-10-6-7-11-14(12)13/h6-7,10-12H,2-5,8-9H2,1H3. The molecular formula is C14H20. The summed E-state index contributed by atoms with van der Waals surface area (Å²) >= 11 is 0. The quantitative estimate of drug-likeness (QED) is 0.569. The van der Waals surface area contributed by atoms with Crippen LogP contribution in [0, 0.1) is 0 Å². The largest absolute Gasteiger partial charge is 0.0620 e. The molecule has 1 atom stereocenters. The van der Waals surface area contributed by atoms with Crippen molar-refractivity contribution in [3.63, 3.8) is 0 Å². The lowest BCUT2D eigenvalue weighted by Gasteiger charge is -2.14. The fourth-order valence-corrected chi connectivity index (χ4v) is 2.52. The molecule has 0 saturated carbocycles.